The van der Waals surface area contributed by atoms with Crippen molar-refractivity contribution in [3.05, 3.63) is 99.6 Å². The molecule has 0 unspecified atom stereocenters. The smallest absolute Gasteiger partial charge is 0.201 e. The molecule has 0 bridgehead atoms. The third kappa shape index (κ3) is 4.36. The lowest BCUT2D eigenvalue weighted by atomic mass is 9.79. The summed E-state index contributed by atoms with van der Waals surface area (Å²) in [6, 6.07) is 14.9. The number of aromatic hydroxyl groups is 1. The molecule has 2 aliphatic carbocycles. The summed E-state index contributed by atoms with van der Waals surface area (Å²) < 4.78 is 17.9. The van der Waals surface area contributed by atoms with E-state index in [2.05, 4.69) is 32.9 Å². The minimum atomic E-state index is -0.280. The van der Waals surface area contributed by atoms with Crippen molar-refractivity contribution < 1.29 is 24.1 Å². The number of hydrogen-bond acceptors (Lipinski definition) is 5. The molecule has 0 heterocycles. The molecule has 0 aromatic heterocycles. The molecular weight excluding hydrogens is 476 g/mol. The minimum Gasteiger partial charge on any atom is -0.507 e. The summed E-state index contributed by atoms with van der Waals surface area (Å²) in [6.07, 6.45) is 6.54. The van der Waals surface area contributed by atoms with Gasteiger partial charge < -0.3 is 19.3 Å². The van der Waals surface area contributed by atoms with Crippen molar-refractivity contribution in [2.24, 2.45) is 5.92 Å². The number of phenols is 1. The number of carbonyl (C=O) groups excluding carboxylic acids is 1. The Kier molecular flexibility index (Phi) is 7.02. The molecule has 3 aromatic carbocycles. The Balaban J connectivity index is 1.72. The lowest BCUT2D eigenvalue weighted by molar-refractivity contribution is 0.102. The van der Waals surface area contributed by atoms with Crippen molar-refractivity contribution in [2.75, 3.05) is 14.2 Å². The number of benzene rings is 3. The second-order valence-corrected chi connectivity index (χ2v) is 10.4. The molecule has 0 saturated heterocycles. The topological polar surface area (TPSA) is 65.0 Å². The van der Waals surface area contributed by atoms with Crippen LogP contribution in [0.1, 0.15) is 77.7 Å². The lowest BCUT2D eigenvalue weighted by Crippen LogP contribution is -2.18. The van der Waals surface area contributed by atoms with Gasteiger partial charge in [-0.2, -0.15) is 0 Å². The van der Waals surface area contributed by atoms with Gasteiger partial charge in [-0.05, 0) is 49.0 Å². The van der Waals surface area contributed by atoms with E-state index in [0.29, 0.717) is 40.9 Å². The van der Waals surface area contributed by atoms with Gasteiger partial charge in [0.05, 0.1) is 25.3 Å². The van der Waals surface area contributed by atoms with Gasteiger partial charge in [-0.3, -0.25) is 4.79 Å². The maximum absolute atomic E-state index is 14.1. The molecule has 0 radical (unpaired) electrons. The normalized spacial score (nSPS) is 15.7. The van der Waals surface area contributed by atoms with Gasteiger partial charge >= 0.3 is 0 Å². The number of methoxy groups -OCH3 is 2. The summed E-state index contributed by atoms with van der Waals surface area (Å²) in [5, 5.41) is 10.9. The summed E-state index contributed by atoms with van der Waals surface area (Å²) in [5.74, 6) is 1.85. The third-order valence-electron chi connectivity index (χ3n) is 7.45. The van der Waals surface area contributed by atoms with Crippen LogP contribution >= 0.6 is 0 Å². The highest BCUT2D eigenvalue weighted by Gasteiger charge is 2.42. The highest BCUT2D eigenvalue weighted by molar-refractivity contribution is 6.23. The van der Waals surface area contributed by atoms with Crippen molar-refractivity contribution in [1.29, 1.82) is 0 Å². The van der Waals surface area contributed by atoms with Crippen LogP contribution in [0.2, 0.25) is 0 Å². The Labute approximate surface area is 224 Å². The van der Waals surface area contributed by atoms with E-state index in [-0.39, 0.29) is 23.0 Å². The van der Waals surface area contributed by atoms with Crippen LogP contribution in [0.3, 0.4) is 0 Å². The first-order chi connectivity index (χ1) is 18.3. The third-order valence-corrected chi connectivity index (χ3v) is 7.45. The summed E-state index contributed by atoms with van der Waals surface area (Å²) >= 11 is 0. The molecule has 5 nitrogen and oxygen atoms in total. The average Bonchev–Trinajstić information content (AvgIpc) is 3.31. The second kappa shape index (κ2) is 10.4. The molecule has 5 heteroatoms. The van der Waals surface area contributed by atoms with E-state index in [0.717, 1.165) is 35.1 Å². The Morgan fingerprint density at radius 1 is 0.947 bits per heavy atom. The molecule has 5 rings (SSSR count). The molecule has 3 aromatic rings. The minimum absolute atomic E-state index is 0.0728. The number of ether oxygens (including phenoxy) is 3. The van der Waals surface area contributed by atoms with Crippen LogP contribution in [0.15, 0.2) is 66.3 Å². The quantitative estimate of drug-likeness (QED) is 0.237. The van der Waals surface area contributed by atoms with Gasteiger partial charge in [0, 0.05) is 28.7 Å². The maximum atomic E-state index is 14.1. The number of carbonyl (C=O) groups is 1. The average molecular weight is 511 g/mol. The van der Waals surface area contributed by atoms with E-state index in [1.807, 2.05) is 36.4 Å². The first kappa shape index (κ1) is 25.7. The van der Waals surface area contributed by atoms with Crippen LogP contribution in [0, 0.1) is 5.92 Å². The number of phenolic OH excluding ortho intramolecular Hbond substituents is 1. The Hall–Kier alpha value is -3.99. The molecule has 2 aliphatic rings. The monoisotopic (exact) mass is 510 g/mol. The first-order valence-electron chi connectivity index (χ1n) is 13.1. The van der Waals surface area contributed by atoms with Gasteiger partial charge in [-0.15, -0.1) is 0 Å². The van der Waals surface area contributed by atoms with Crippen LogP contribution in [0.25, 0.3) is 5.57 Å². The summed E-state index contributed by atoms with van der Waals surface area (Å²) in [6.45, 7) is 6.88. The fourth-order valence-corrected chi connectivity index (χ4v) is 5.52. The Bertz CT molecular complexity index is 1450. The van der Waals surface area contributed by atoms with E-state index in [4.69, 9.17) is 14.2 Å². The van der Waals surface area contributed by atoms with Crippen LogP contribution < -0.4 is 14.2 Å². The predicted octanol–water partition coefficient (Wildman–Crippen LogP) is 7.44. The van der Waals surface area contributed by atoms with Crippen molar-refractivity contribution in [2.45, 2.75) is 46.1 Å². The summed E-state index contributed by atoms with van der Waals surface area (Å²) in [4.78, 5) is 14.1. The largest absolute Gasteiger partial charge is 0.507 e. The SMILES string of the molecule is COc1ccc(O)c2c1C1=C[C@H](/C(C)=C\CCC(C)C)c3c(OC)cc(OCc4ccccc4)c(c31)C2=O. The van der Waals surface area contributed by atoms with Crippen molar-refractivity contribution in [1.82, 2.24) is 0 Å². The van der Waals surface area contributed by atoms with Gasteiger partial charge in [0.1, 0.15) is 29.6 Å². The fraction of sp³-hybridized carbons (Fsp3) is 0.303. The van der Waals surface area contributed by atoms with Gasteiger partial charge in [0.2, 0.25) is 5.78 Å². The van der Waals surface area contributed by atoms with Crippen LogP contribution in [0.4, 0.5) is 0 Å². The number of rotatable bonds is 9. The molecule has 1 atom stereocenters. The number of fused-ring (bicyclic) bond motifs is 2. The summed E-state index contributed by atoms with van der Waals surface area (Å²) in [5.41, 5.74) is 6.11. The van der Waals surface area contributed by atoms with Crippen LogP contribution in [0.5, 0.6) is 23.0 Å². The zero-order chi connectivity index (χ0) is 27.0. The Morgan fingerprint density at radius 2 is 1.68 bits per heavy atom. The van der Waals surface area contributed by atoms with E-state index in [9.17, 15) is 9.90 Å². The standard InChI is InChI=1S/C33H34O5/c1-19(2)10-9-11-20(3)22-16-23-29-25(36-4)15-14-24(34)31(29)33(35)32-27(17-26(37-5)28(22)30(23)32)38-18-21-12-7-6-8-13-21/h6-8,11-17,19,22,34H,9-10,18H2,1-5H3/b20-11-/t22-/m1/s1. The number of hydrogen-bond donors (Lipinski definition) is 1. The zero-order valence-corrected chi connectivity index (χ0v) is 22.6. The molecule has 0 amide bonds. The number of allylic oxidation sites excluding steroid dienone is 3. The number of ketones is 1. The van der Waals surface area contributed by atoms with Crippen molar-refractivity contribution in [3.8, 4) is 23.0 Å². The molecule has 0 fully saturated rings. The molecule has 0 saturated carbocycles. The van der Waals surface area contributed by atoms with Gasteiger partial charge in [0.15, 0.2) is 0 Å². The molecule has 0 spiro atoms. The predicted molar refractivity (Wildman–Crippen MR) is 150 cm³/mol. The molecule has 196 valence electrons. The molecular formula is C33H34O5. The summed E-state index contributed by atoms with van der Waals surface area (Å²) in [7, 11) is 3.23. The van der Waals surface area contributed by atoms with Crippen molar-refractivity contribution in [3.63, 3.8) is 0 Å². The van der Waals surface area contributed by atoms with Crippen LogP contribution in [-0.2, 0) is 6.61 Å². The highest BCUT2D eigenvalue weighted by Crippen LogP contribution is 2.56. The van der Waals surface area contributed by atoms with E-state index < -0.39 is 0 Å². The Morgan fingerprint density at radius 3 is 2.37 bits per heavy atom. The highest BCUT2D eigenvalue weighted by atomic mass is 16.5. The molecule has 1 N–H and O–H groups in total. The fourth-order valence-electron chi connectivity index (χ4n) is 5.52. The zero-order valence-electron chi connectivity index (χ0n) is 22.6. The lowest BCUT2D eigenvalue weighted by Gasteiger charge is -2.26. The van der Waals surface area contributed by atoms with E-state index in [1.54, 1.807) is 20.3 Å². The molecule has 0 aliphatic heterocycles. The second-order valence-electron chi connectivity index (χ2n) is 10.4. The maximum Gasteiger partial charge on any atom is 0.201 e. The first-order valence-corrected chi connectivity index (χ1v) is 13.1. The van der Waals surface area contributed by atoms with E-state index >= 15 is 0 Å². The van der Waals surface area contributed by atoms with Crippen LogP contribution in [-0.4, -0.2) is 25.1 Å². The van der Waals surface area contributed by atoms with Crippen molar-refractivity contribution >= 4 is 11.4 Å². The van der Waals surface area contributed by atoms with E-state index in [1.165, 1.54) is 11.6 Å². The molecule has 38 heavy (non-hydrogen) atoms. The van der Waals surface area contributed by atoms with Gasteiger partial charge in [-0.1, -0.05) is 61.9 Å². The van der Waals surface area contributed by atoms with Gasteiger partial charge in [-0.25, -0.2) is 0 Å². The van der Waals surface area contributed by atoms with Gasteiger partial charge in [0.25, 0.3) is 0 Å².